The third kappa shape index (κ3) is 3.17. The van der Waals surface area contributed by atoms with Crippen LogP contribution in [0.25, 0.3) is 0 Å². The van der Waals surface area contributed by atoms with Crippen molar-refractivity contribution in [1.29, 1.82) is 5.26 Å². The minimum absolute atomic E-state index is 0.667. The highest BCUT2D eigenvalue weighted by Crippen LogP contribution is 2.29. The first-order valence-corrected chi connectivity index (χ1v) is 7.65. The zero-order valence-electron chi connectivity index (χ0n) is 10.4. The van der Waals surface area contributed by atoms with Gasteiger partial charge in [0.05, 0.1) is 11.6 Å². The highest BCUT2D eigenvalue weighted by molar-refractivity contribution is 9.10. The molecule has 0 atom stereocenters. The lowest BCUT2D eigenvalue weighted by Gasteiger charge is -2.20. The molecule has 2 rings (SSSR count). The summed E-state index contributed by atoms with van der Waals surface area (Å²) in [4.78, 5) is 2.06. The van der Waals surface area contributed by atoms with Crippen molar-refractivity contribution >= 4 is 43.2 Å². The monoisotopic (exact) mass is 378 g/mol. The van der Waals surface area contributed by atoms with E-state index in [1.54, 1.807) is 6.07 Å². The van der Waals surface area contributed by atoms with Gasteiger partial charge in [-0.05, 0) is 35.9 Å². The number of benzene rings is 2. The maximum absolute atomic E-state index is 8.95. The van der Waals surface area contributed by atoms with Gasteiger partial charge in [-0.3, -0.25) is 0 Å². The Morgan fingerprint density at radius 1 is 1.16 bits per heavy atom. The molecule has 2 aromatic carbocycles. The summed E-state index contributed by atoms with van der Waals surface area (Å²) in [6, 6.07) is 16.0. The van der Waals surface area contributed by atoms with E-state index in [9.17, 15) is 0 Å². The molecule has 0 heterocycles. The van der Waals surface area contributed by atoms with Gasteiger partial charge in [-0.25, -0.2) is 0 Å². The normalized spacial score (nSPS) is 10.0. The first-order valence-electron chi connectivity index (χ1n) is 5.74. The van der Waals surface area contributed by atoms with E-state index >= 15 is 0 Å². The standard InChI is InChI=1S/C15H12Br2N2/c1-19(13-4-2-3-11(7-13)10-18)14-6-5-12(9-16)15(17)8-14/h2-8H,9H2,1H3. The summed E-state index contributed by atoms with van der Waals surface area (Å²) in [5.41, 5.74) is 3.95. The predicted octanol–water partition coefficient (Wildman–Crippen LogP) is 4.98. The van der Waals surface area contributed by atoms with Crippen LogP contribution in [0.3, 0.4) is 0 Å². The van der Waals surface area contributed by atoms with Crippen LogP contribution in [-0.4, -0.2) is 7.05 Å². The SMILES string of the molecule is CN(c1cccc(C#N)c1)c1ccc(CBr)c(Br)c1. The molecular weight excluding hydrogens is 368 g/mol. The molecule has 0 aliphatic heterocycles. The summed E-state index contributed by atoms with van der Waals surface area (Å²) in [7, 11) is 1.99. The quantitative estimate of drug-likeness (QED) is 0.703. The van der Waals surface area contributed by atoms with Gasteiger partial charge in [0.2, 0.25) is 0 Å². The molecule has 0 amide bonds. The van der Waals surface area contributed by atoms with E-state index in [2.05, 4.69) is 61.0 Å². The first kappa shape index (κ1) is 14.1. The minimum atomic E-state index is 0.667. The van der Waals surface area contributed by atoms with Gasteiger partial charge in [0.25, 0.3) is 0 Å². The van der Waals surface area contributed by atoms with E-state index in [1.165, 1.54) is 5.56 Å². The lowest BCUT2D eigenvalue weighted by molar-refractivity contribution is 1.20. The third-order valence-corrected chi connectivity index (χ3v) is 4.27. The van der Waals surface area contributed by atoms with Crippen molar-refractivity contribution < 1.29 is 0 Å². The van der Waals surface area contributed by atoms with Crippen molar-refractivity contribution in [1.82, 2.24) is 0 Å². The Balaban J connectivity index is 2.36. The van der Waals surface area contributed by atoms with E-state index in [0.717, 1.165) is 21.2 Å². The number of hydrogen-bond donors (Lipinski definition) is 0. The highest BCUT2D eigenvalue weighted by Gasteiger charge is 2.07. The lowest BCUT2D eigenvalue weighted by Crippen LogP contribution is -2.09. The van der Waals surface area contributed by atoms with Crippen LogP contribution in [0, 0.1) is 11.3 Å². The molecule has 2 nitrogen and oxygen atoms in total. The summed E-state index contributed by atoms with van der Waals surface area (Å²) in [6.07, 6.45) is 0. The molecular formula is C15H12Br2N2. The molecule has 2 aromatic rings. The van der Waals surface area contributed by atoms with Crippen molar-refractivity contribution in [2.45, 2.75) is 5.33 Å². The van der Waals surface area contributed by atoms with E-state index < -0.39 is 0 Å². The number of hydrogen-bond acceptors (Lipinski definition) is 2. The second-order valence-electron chi connectivity index (χ2n) is 4.13. The van der Waals surface area contributed by atoms with Crippen LogP contribution < -0.4 is 4.90 Å². The van der Waals surface area contributed by atoms with Gasteiger partial charge in [-0.15, -0.1) is 0 Å². The fourth-order valence-corrected chi connectivity index (χ4v) is 3.16. The number of rotatable bonds is 3. The Labute approximate surface area is 129 Å². The van der Waals surface area contributed by atoms with E-state index in [1.807, 2.05) is 25.2 Å². The van der Waals surface area contributed by atoms with Gasteiger partial charge >= 0.3 is 0 Å². The largest absolute Gasteiger partial charge is 0.345 e. The first-order chi connectivity index (χ1) is 9.15. The molecule has 0 spiro atoms. The second-order valence-corrected chi connectivity index (χ2v) is 5.55. The Morgan fingerprint density at radius 3 is 2.53 bits per heavy atom. The van der Waals surface area contributed by atoms with Gasteiger partial charge < -0.3 is 4.90 Å². The smallest absolute Gasteiger partial charge is 0.0992 e. The number of alkyl halides is 1. The Bertz CT molecular complexity index is 632. The van der Waals surface area contributed by atoms with Crippen LogP contribution in [0.1, 0.15) is 11.1 Å². The van der Waals surface area contributed by atoms with E-state index in [-0.39, 0.29) is 0 Å². The van der Waals surface area contributed by atoms with E-state index in [4.69, 9.17) is 5.26 Å². The predicted molar refractivity (Wildman–Crippen MR) is 86.0 cm³/mol. The molecule has 19 heavy (non-hydrogen) atoms. The second kappa shape index (κ2) is 6.23. The van der Waals surface area contributed by atoms with Crippen molar-refractivity contribution in [3.63, 3.8) is 0 Å². The molecule has 0 saturated carbocycles. The topological polar surface area (TPSA) is 27.0 Å². The Hall–Kier alpha value is -1.31. The molecule has 0 aliphatic carbocycles. The van der Waals surface area contributed by atoms with Crippen molar-refractivity contribution in [3.05, 3.63) is 58.1 Å². The number of halogens is 2. The fourth-order valence-electron chi connectivity index (χ4n) is 1.79. The molecule has 0 bridgehead atoms. The molecule has 0 aromatic heterocycles. The summed E-state index contributed by atoms with van der Waals surface area (Å²) in [5, 5.41) is 9.77. The zero-order valence-corrected chi connectivity index (χ0v) is 13.6. The summed E-state index contributed by atoms with van der Waals surface area (Å²) < 4.78 is 1.07. The maximum Gasteiger partial charge on any atom is 0.0992 e. The molecule has 0 fully saturated rings. The lowest BCUT2D eigenvalue weighted by atomic mass is 10.1. The molecule has 0 unspecified atom stereocenters. The Morgan fingerprint density at radius 2 is 1.89 bits per heavy atom. The van der Waals surface area contributed by atoms with Crippen molar-refractivity contribution in [2.24, 2.45) is 0 Å². The fraction of sp³-hybridized carbons (Fsp3) is 0.133. The zero-order chi connectivity index (χ0) is 13.8. The van der Waals surface area contributed by atoms with Crippen LogP contribution in [0.4, 0.5) is 11.4 Å². The van der Waals surface area contributed by atoms with E-state index in [0.29, 0.717) is 5.56 Å². The maximum atomic E-state index is 8.95. The van der Waals surface area contributed by atoms with Crippen LogP contribution in [0.5, 0.6) is 0 Å². The van der Waals surface area contributed by atoms with Crippen LogP contribution in [0.15, 0.2) is 46.9 Å². The summed E-state index contributed by atoms with van der Waals surface area (Å²) >= 11 is 7.02. The van der Waals surface area contributed by atoms with Gasteiger partial charge in [-0.2, -0.15) is 5.26 Å². The Kier molecular flexibility index (Phi) is 4.62. The third-order valence-electron chi connectivity index (χ3n) is 2.93. The number of nitrogens with zero attached hydrogens (tertiary/aromatic N) is 2. The summed E-state index contributed by atoms with van der Waals surface area (Å²) in [6.45, 7) is 0. The average Bonchev–Trinajstić information content (AvgIpc) is 2.46. The van der Waals surface area contributed by atoms with Crippen LogP contribution >= 0.6 is 31.9 Å². The molecule has 0 N–H and O–H groups in total. The van der Waals surface area contributed by atoms with Crippen LogP contribution in [0.2, 0.25) is 0 Å². The average molecular weight is 380 g/mol. The van der Waals surface area contributed by atoms with Gasteiger partial charge in [0.1, 0.15) is 0 Å². The number of anilines is 2. The van der Waals surface area contributed by atoms with Gasteiger partial charge in [0.15, 0.2) is 0 Å². The summed E-state index contributed by atoms with van der Waals surface area (Å²) in [5.74, 6) is 0. The van der Waals surface area contributed by atoms with Gasteiger partial charge in [0, 0.05) is 28.2 Å². The van der Waals surface area contributed by atoms with Crippen LogP contribution in [-0.2, 0) is 5.33 Å². The molecule has 0 radical (unpaired) electrons. The van der Waals surface area contributed by atoms with Crippen molar-refractivity contribution in [3.8, 4) is 6.07 Å². The van der Waals surface area contributed by atoms with Gasteiger partial charge in [-0.1, -0.05) is 44.0 Å². The molecule has 96 valence electrons. The molecule has 0 saturated heterocycles. The highest BCUT2D eigenvalue weighted by atomic mass is 79.9. The number of nitriles is 1. The minimum Gasteiger partial charge on any atom is -0.345 e. The molecule has 4 heteroatoms. The molecule has 0 aliphatic rings. The van der Waals surface area contributed by atoms with Crippen molar-refractivity contribution in [2.75, 3.05) is 11.9 Å².